The Labute approximate surface area is 217 Å². The van der Waals surface area contributed by atoms with Crippen molar-refractivity contribution in [2.24, 2.45) is 11.0 Å². The highest BCUT2D eigenvalue weighted by Crippen LogP contribution is 2.27. The molecule has 2 rings (SSSR count). The molecule has 10 heteroatoms. The minimum Gasteiger partial charge on any atom is -0.493 e. The predicted octanol–water partition coefficient (Wildman–Crippen LogP) is 3.01. The maximum absolute atomic E-state index is 12.7. The van der Waals surface area contributed by atoms with Gasteiger partial charge in [-0.15, -0.1) is 0 Å². The van der Waals surface area contributed by atoms with Crippen LogP contribution in [0.3, 0.4) is 0 Å². The van der Waals surface area contributed by atoms with E-state index in [-0.39, 0.29) is 25.7 Å². The molecule has 0 heterocycles. The first-order valence-electron chi connectivity index (χ1n) is 12.0. The molecule has 0 aromatic heterocycles. The van der Waals surface area contributed by atoms with Crippen molar-refractivity contribution in [1.82, 2.24) is 10.7 Å². The van der Waals surface area contributed by atoms with E-state index in [1.807, 2.05) is 39.0 Å². The summed E-state index contributed by atoms with van der Waals surface area (Å²) < 4.78 is 21.2. The van der Waals surface area contributed by atoms with E-state index in [1.54, 1.807) is 31.2 Å². The first kappa shape index (κ1) is 29.2. The van der Waals surface area contributed by atoms with Crippen molar-refractivity contribution < 1.29 is 33.3 Å². The van der Waals surface area contributed by atoms with Crippen molar-refractivity contribution >= 4 is 24.0 Å². The van der Waals surface area contributed by atoms with Gasteiger partial charge in [0.1, 0.15) is 11.8 Å². The number of nitrogens with one attached hydrogen (secondary N) is 2. The van der Waals surface area contributed by atoms with Gasteiger partial charge in [-0.3, -0.25) is 9.59 Å². The van der Waals surface area contributed by atoms with Gasteiger partial charge in [-0.1, -0.05) is 32.0 Å². The van der Waals surface area contributed by atoms with Gasteiger partial charge < -0.3 is 24.3 Å². The van der Waals surface area contributed by atoms with Crippen molar-refractivity contribution in [3.05, 3.63) is 53.6 Å². The van der Waals surface area contributed by atoms with Gasteiger partial charge >= 0.3 is 5.97 Å². The Bertz CT molecular complexity index is 1090. The molecule has 0 aliphatic heterocycles. The van der Waals surface area contributed by atoms with E-state index in [1.165, 1.54) is 13.3 Å². The number of benzene rings is 2. The Morgan fingerprint density at radius 3 is 2.41 bits per heavy atom. The third-order valence-electron chi connectivity index (χ3n) is 5.04. The van der Waals surface area contributed by atoms with Crippen LogP contribution in [0.1, 0.15) is 38.3 Å². The van der Waals surface area contributed by atoms with Crippen molar-refractivity contribution in [2.45, 2.75) is 40.2 Å². The summed E-state index contributed by atoms with van der Waals surface area (Å²) in [5.41, 5.74) is 4.01. The molecule has 0 radical (unpaired) electrons. The molecule has 2 aromatic rings. The third-order valence-corrected chi connectivity index (χ3v) is 5.04. The first-order valence-corrected chi connectivity index (χ1v) is 12.0. The summed E-state index contributed by atoms with van der Waals surface area (Å²) in [5, 5.41) is 6.73. The summed E-state index contributed by atoms with van der Waals surface area (Å²) in [6.45, 7) is 7.33. The number of amides is 2. The number of aryl methyl sites for hydroxylation is 1. The van der Waals surface area contributed by atoms with Crippen LogP contribution in [-0.2, 0) is 19.1 Å². The quantitative estimate of drug-likeness (QED) is 0.226. The standard InChI is InChI=1S/C27H35N3O7/c1-6-35-26(32)17-37-23-12-11-20(14-24(23)34-5)15-28-30-27(33)21(13-18(2)3)29-25(31)16-36-22-10-8-7-9-19(22)4/h7-12,14-15,18,21H,6,13,16-17H2,1-5H3,(H,29,31)(H,30,33)/b28-15-/t21-/m1/s1. The molecule has 0 unspecified atom stereocenters. The molecule has 1 atom stereocenters. The van der Waals surface area contributed by atoms with E-state index in [4.69, 9.17) is 18.9 Å². The number of hydrazone groups is 1. The van der Waals surface area contributed by atoms with Crippen molar-refractivity contribution in [2.75, 3.05) is 26.9 Å². The number of para-hydroxylation sites is 1. The number of hydrogen-bond acceptors (Lipinski definition) is 8. The lowest BCUT2D eigenvalue weighted by molar-refractivity contribution is -0.145. The Hall–Kier alpha value is -4.08. The normalized spacial score (nSPS) is 11.6. The fraction of sp³-hybridized carbons (Fsp3) is 0.407. The molecule has 2 aromatic carbocycles. The van der Waals surface area contributed by atoms with Crippen molar-refractivity contribution in [3.8, 4) is 17.2 Å². The third kappa shape index (κ3) is 10.2. The number of carbonyl (C=O) groups is 3. The smallest absolute Gasteiger partial charge is 0.344 e. The van der Waals surface area contributed by atoms with Crippen LogP contribution >= 0.6 is 0 Å². The Morgan fingerprint density at radius 1 is 1.00 bits per heavy atom. The lowest BCUT2D eigenvalue weighted by atomic mass is 10.0. The van der Waals surface area contributed by atoms with Crippen LogP contribution in [-0.4, -0.2) is 57.0 Å². The second-order valence-corrected chi connectivity index (χ2v) is 8.54. The zero-order chi connectivity index (χ0) is 27.2. The number of nitrogens with zero attached hydrogens (tertiary/aromatic N) is 1. The summed E-state index contributed by atoms with van der Waals surface area (Å²) in [6, 6.07) is 11.6. The maximum Gasteiger partial charge on any atom is 0.344 e. The summed E-state index contributed by atoms with van der Waals surface area (Å²) in [7, 11) is 1.47. The second-order valence-electron chi connectivity index (χ2n) is 8.54. The SMILES string of the molecule is CCOC(=O)COc1ccc(/C=N\NC(=O)[C@@H](CC(C)C)NC(=O)COc2ccccc2C)cc1OC. The van der Waals surface area contributed by atoms with E-state index in [2.05, 4.69) is 15.8 Å². The molecule has 0 spiro atoms. The summed E-state index contributed by atoms with van der Waals surface area (Å²) >= 11 is 0. The predicted molar refractivity (Wildman–Crippen MR) is 139 cm³/mol. The van der Waals surface area contributed by atoms with E-state index in [9.17, 15) is 14.4 Å². The maximum atomic E-state index is 12.7. The van der Waals surface area contributed by atoms with Crippen LogP contribution in [0.15, 0.2) is 47.6 Å². The van der Waals surface area contributed by atoms with Gasteiger partial charge in [0.05, 0.1) is 19.9 Å². The highest BCUT2D eigenvalue weighted by atomic mass is 16.6. The lowest BCUT2D eigenvalue weighted by Crippen LogP contribution is -2.47. The molecule has 0 bridgehead atoms. The summed E-state index contributed by atoms with van der Waals surface area (Å²) in [5.74, 6) is 0.181. The molecule has 0 aliphatic carbocycles. The number of carbonyl (C=O) groups excluding carboxylic acids is 3. The van der Waals surface area contributed by atoms with Gasteiger partial charge in [-0.25, -0.2) is 10.2 Å². The van der Waals surface area contributed by atoms with Gasteiger partial charge in [0.25, 0.3) is 11.8 Å². The summed E-state index contributed by atoms with van der Waals surface area (Å²) in [4.78, 5) is 36.7. The van der Waals surface area contributed by atoms with Gasteiger partial charge in [0, 0.05) is 0 Å². The molecular weight excluding hydrogens is 478 g/mol. The van der Waals surface area contributed by atoms with Gasteiger partial charge in [-0.05, 0) is 61.6 Å². The molecule has 0 aliphatic rings. The van der Waals surface area contributed by atoms with Crippen molar-refractivity contribution in [3.63, 3.8) is 0 Å². The topological polar surface area (TPSA) is 125 Å². The minimum atomic E-state index is -0.779. The van der Waals surface area contributed by atoms with E-state index in [0.29, 0.717) is 29.2 Å². The van der Waals surface area contributed by atoms with Crippen molar-refractivity contribution in [1.29, 1.82) is 0 Å². The van der Waals surface area contributed by atoms with Crippen LogP contribution < -0.4 is 25.0 Å². The van der Waals surface area contributed by atoms with E-state index >= 15 is 0 Å². The molecule has 2 N–H and O–H groups in total. The van der Waals surface area contributed by atoms with Crippen LogP contribution in [0.2, 0.25) is 0 Å². The number of hydrogen-bond donors (Lipinski definition) is 2. The zero-order valence-electron chi connectivity index (χ0n) is 21.9. The summed E-state index contributed by atoms with van der Waals surface area (Å²) in [6.07, 6.45) is 1.86. The number of esters is 1. The average Bonchev–Trinajstić information content (AvgIpc) is 2.86. The molecule has 10 nitrogen and oxygen atoms in total. The van der Waals surface area contributed by atoms with Crippen LogP contribution in [0, 0.1) is 12.8 Å². The molecule has 0 saturated carbocycles. The fourth-order valence-electron chi connectivity index (χ4n) is 3.27. The van der Waals surface area contributed by atoms with Crippen LogP contribution in [0.5, 0.6) is 17.2 Å². The highest BCUT2D eigenvalue weighted by molar-refractivity contribution is 5.89. The number of ether oxygens (including phenoxy) is 4. The largest absolute Gasteiger partial charge is 0.493 e. The second kappa shape index (κ2) is 15.1. The highest BCUT2D eigenvalue weighted by Gasteiger charge is 2.22. The number of methoxy groups -OCH3 is 1. The Morgan fingerprint density at radius 2 is 1.73 bits per heavy atom. The van der Waals surface area contributed by atoms with Crippen LogP contribution in [0.25, 0.3) is 0 Å². The molecule has 2 amide bonds. The zero-order valence-corrected chi connectivity index (χ0v) is 21.9. The monoisotopic (exact) mass is 513 g/mol. The average molecular weight is 514 g/mol. The van der Waals surface area contributed by atoms with Crippen LogP contribution in [0.4, 0.5) is 0 Å². The lowest BCUT2D eigenvalue weighted by Gasteiger charge is -2.19. The number of rotatable bonds is 14. The molecule has 200 valence electrons. The van der Waals surface area contributed by atoms with Gasteiger partial charge in [0.15, 0.2) is 24.7 Å². The Balaban J connectivity index is 1.95. The van der Waals surface area contributed by atoms with Gasteiger partial charge in [0.2, 0.25) is 0 Å². The molecular formula is C27H35N3O7. The van der Waals surface area contributed by atoms with E-state index < -0.39 is 23.8 Å². The Kier molecular flexibility index (Phi) is 11.9. The minimum absolute atomic E-state index is 0.156. The molecule has 0 saturated heterocycles. The first-order chi connectivity index (χ1) is 17.7. The molecule has 37 heavy (non-hydrogen) atoms. The fourth-order valence-corrected chi connectivity index (χ4v) is 3.27. The molecule has 0 fully saturated rings. The van der Waals surface area contributed by atoms with E-state index in [0.717, 1.165) is 5.56 Å². The van der Waals surface area contributed by atoms with Gasteiger partial charge in [-0.2, -0.15) is 5.10 Å².